The van der Waals surface area contributed by atoms with Crippen LogP contribution in [0.25, 0.3) is 0 Å². The summed E-state index contributed by atoms with van der Waals surface area (Å²) in [5.41, 5.74) is 5.02. The first kappa shape index (κ1) is 13.2. The lowest BCUT2D eigenvalue weighted by molar-refractivity contribution is 0.586. The molecule has 0 aliphatic rings. The molecule has 0 aromatic carbocycles. The van der Waals surface area contributed by atoms with Gasteiger partial charge in [0.25, 0.3) is 0 Å². The van der Waals surface area contributed by atoms with Crippen LogP contribution in [0.3, 0.4) is 0 Å². The predicted octanol–water partition coefficient (Wildman–Crippen LogP) is 4.89. The van der Waals surface area contributed by atoms with E-state index in [4.69, 9.17) is 0 Å². The summed E-state index contributed by atoms with van der Waals surface area (Å²) in [5, 5.41) is 0. The Hall–Kier alpha value is -0.780. The van der Waals surface area contributed by atoms with E-state index in [1.165, 1.54) is 23.1 Å². The maximum Gasteiger partial charge on any atom is -0.0280 e. The molecule has 0 spiro atoms. The third-order valence-electron chi connectivity index (χ3n) is 2.76. The lowest BCUT2D eigenvalue weighted by Gasteiger charge is -2.12. The molecule has 0 atom stereocenters. The van der Waals surface area contributed by atoms with Crippen molar-refractivity contribution < 1.29 is 0 Å². The first-order valence-corrected chi connectivity index (χ1v) is 5.37. The summed E-state index contributed by atoms with van der Waals surface area (Å²) in [4.78, 5) is 0. The van der Waals surface area contributed by atoms with Gasteiger partial charge in [0.1, 0.15) is 0 Å². The van der Waals surface area contributed by atoms with Gasteiger partial charge in [-0.25, -0.2) is 0 Å². The average molecular weight is 192 g/mol. The number of hydrogen-bond acceptors (Lipinski definition) is 0. The Kier molecular flexibility index (Phi) is 5.52. The zero-order valence-corrected chi connectivity index (χ0v) is 10.4. The Bertz CT molecular complexity index is 251. The van der Waals surface area contributed by atoms with E-state index in [0.717, 1.165) is 17.9 Å². The molecule has 0 amide bonds. The quantitative estimate of drug-likeness (QED) is 0.544. The third kappa shape index (κ3) is 4.45. The first-order chi connectivity index (χ1) is 6.36. The average Bonchev–Trinajstić information content (AvgIpc) is 2.11. The highest BCUT2D eigenvalue weighted by atomic mass is 14.1. The fourth-order valence-corrected chi connectivity index (χ4v) is 1.24. The van der Waals surface area contributed by atoms with Crippen LogP contribution in [-0.2, 0) is 0 Å². The van der Waals surface area contributed by atoms with E-state index in [-0.39, 0.29) is 0 Å². The molecule has 0 N–H and O–H groups in total. The highest BCUT2D eigenvalue weighted by Gasteiger charge is 2.03. The second kappa shape index (κ2) is 5.85. The van der Waals surface area contributed by atoms with Crippen LogP contribution in [0.5, 0.6) is 0 Å². The van der Waals surface area contributed by atoms with Gasteiger partial charge in [-0.2, -0.15) is 0 Å². The second-order valence-electron chi connectivity index (χ2n) is 4.57. The van der Waals surface area contributed by atoms with Gasteiger partial charge in [0.2, 0.25) is 0 Å². The lowest BCUT2D eigenvalue weighted by Crippen LogP contribution is -1.93. The van der Waals surface area contributed by atoms with Crippen LogP contribution in [0.1, 0.15) is 47.5 Å². The highest BCUT2D eigenvalue weighted by molar-refractivity contribution is 5.39. The summed E-state index contributed by atoms with van der Waals surface area (Å²) in [7, 11) is 0. The topological polar surface area (TPSA) is 0 Å². The fraction of sp³-hybridized carbons (Fsp3) is 0.571. The Morgan fingerprint density at radius 2 is 1.50 bits per heavy atom. The maximum atomic E-state index is 4.13. The summed E-state index contributed by atoms with van der Waals surface area (Å²) in [6.45, 7) is 18.9. The summed E-state index contributed by atoms with van der Waals surface area (Å²) >= 11 is 0. The molecule has 0 radical (unpaired) electrons. The van der Waals surface area contributed by atoms with Gasteiger partial charge in [-0.3, -0.25) is 0 Å². The van der Waals surface area contributed by atoms with E-state index in [1.54, 1.807) is 0 Å². The van der Waals surface area contributed by atoms with Crippen molar-refractivity contribution in [2.75, 3.05) is 0 Å². The van der Waals surface area contributed by atoms with Gasteiger partial charge in [0.15, 0.2) is 0 Å². The Morgan fingerprint density at radius 3 is 1.86 bits per heavy atom. The van der Waals surface area contributed by atoms with Crippen molar-refractivity contribution in [3.05, 3.63) is 35.5 Å². The van der Waals surface area contributed by atoms with Crippen LogP contribution < -0.4 is 0 Å². The van der Waals surface area contributed by atoms with Crippen LogP contribution in [-0.4, -0.2) is 0 Å². The SMILES string of the molecule is C=C(C)/C(C)=C(/C)C(=C)CCC(C)C. The Labute approximate surface area is 89.4 Å². The van der Waals surface area contributed by atoms with Crippen molar-refractivity contribution in [1.82, 2.24) is 0 Å². The van der Waals surface area contributed by atoms with Crippen molar-refractivity contribution in [3.8, 4) is 0 Å². The first-order valence-electron chi connectivity index (χ1n) is 5.37. The molecule has 0 fully saturated rings. The molecule has 0 unspecified atom stereocenters. The van der Waals surface area contributed by atoms with Gasteiger partial charge in [-0.05, 0) is 50.7 Å². The molecule has 0 nitrogen and oxygen atoms in total. The minimum absolute atomic E-state index is 0.754. The minimum Gasteiger partial charge on any atom is -0.0958 e. The minimum atomic E-state index is 0.754. The molecular weight excluding hydrogens is 168 g/mol. The van der Waals surface area contributed by atoms with Crippen LogP contribution in [0.4, 0.5) is 0 Å². The molecule has 0 saturated heterocycles. The van der Waals surface area contributed by atoms with E-state index in [1.807, 2.05) is 0 Å². The van der Waals surface area contributed by atoms with E-state index in [9.17, 15) is 0 Å². The van der Waals surface area contributed by atoms with Crippen molar-refractivity contribution in [1.29, 1.82) is 0 Å². The van der Waals surface area contributed by atoms with Crippen LogP contribution in [0.2, 0.25) is 0 Å². The highest BCUT2D eigenvalue weighted by Crippen LogP contribution is 2.22. The monoisotopic (exact) mass is 192 g/mol. The van der Waals surface area contributed by atoms with Gasteiger partial charge in [0, 0.05) is 0 Å². The van der Waals surface area contributed by atoms with Crippen molar-refractivity contribution in [2.45, 2.75) is 47.5 Å². The zero-order chi connectivity index (χ0) is 11.3. The van der Waals surface area contributed by atoms with Gasteiger partial charge in [-0.15, -0.1) is 0 Å². The molecule has 14 heavy (non-hydrogen) atoms. The Morgan fingerprint density at radius 1 is 1.00 bits per heavy atom. The smallest absolute Gasteiger partial charge is 0.0280 e. The van der Waals surface area contributed by atoms with Gasteiger partial charge in [-0.1, -0.05) is 38.2 Å². The molecular formula is C14H24. The van der Waals surface area contributed by atoms with Crippen LogP contribution in [0.15, 0.2) is 35.5 Å². The summed E-state index contributed by atoms with van der Waals surface area (Å²) < 4.78 is 0. The van der Waals surface area contributed by atoms with Crippen LogP contribution in [0, 0.1) is 5.92 Å². The van der Waals surface area contributed by atoms with Gasteiger partial charge in [0.05, 0.1) is 0 Å². The van der Waals surface area contributed by atoms with Crippen molar-refractivity contribution >= 4 is 0 Å². The maximum absolute atomic E-state index is 4.13. The standard InChI is InChI=1S/C14H24/c1-10(2)8-9-12(5)14(7)13(6)11(3)4/h10H,3,5,8-9H2,1-2,4,6-7H3/b14-13-. The molecule has 0 aliphatic heterocycles. The lowest BCUT2D eigenvalue weighted by atomic mass is 9.94. The van der Waals surface area contributed by atoms with Gasteiger partial charge >= 0.3 is 0 Å². The van der Waals surface area contributed by atoms with Gasteiger partial charge < -0.3 is 0 Å². The molecule has 0 aromatic heterocycles. The molecule has 0 heteroatoms. The second-order valence-corrected chi connectivity index (χ2v) is 4.57. The molecule has 0 saturated carbocycles. The molecule has 0 aromatic rings. The van der Waals surface area contributed by atoms with Crippen LogP contribution >= 0.6 is 0 Å². The summed E-state index contributed by atoms with van der Waals surface area (Å²) in [6, 6.07) is 0. The fourth-order valence-electron chi connectivity index (χ4n) is 1.24. The number of hydrogen-bond donors (Lipinski definition) is 0. The molecule has 0 rings (SSSR count). The zero-order valence-electron chi connectivity index (χ0n) is 10.4. The normalized spacial score (nSPS) is 12.7. The van der Waals surface area contributed by atoms with E-state index in [2.05, 4.69) is 47.8 Å². The summed E-state index contributed by atoms with van der Waals surface area (Å²) in [6.07, 6.45) is 2.33. The largest absolute Gasteiger partial charge is 0.0958 e. The van der Waals surface area contributed by atoms with E-state index < -0.39 is 0 Å². The van der Waals surface area contributed by atoms with Crippen molar-refractivity contribution in [2.24, 2.45) is 5.92 Å². The molecule has 0 heterocycles. The predicted molar refractivity (Wildman–Crippen MR) is 66.4 cm³/mol. The summed E-state index contributed by atoms with van der Waals surface area (Å²) in [5.74, 6) is 0.754. The molecule has 0 bridgehead atoms. The van der Waals surface area contributed by atoms with E-state index in [0.29, 0.717) is 0 Å². The van der Waals surface area contributed by atoms with Crippen molar-refractivity contribution in [3.63, 3.8) is 0 Å². The molecule has 80 valence electrons. The molecule has 0 aliphatic carbocycles. The number of allylic oxidation sites excluding steroid dienone is 4. The third-order valence-corrected chi connectivity index (χ3v) is 2.76. The van der Waals surface area contributed by atoms with E-state index >= 15 is 0 Å². The Balaban J connectivity index is 4.39. The number of rotatable bonds is 5.